The summed E-state index contributed by atoms with van der Waals surface area (Å²) in [7, 11) is 4.08. The van der Waals surface area contributed by atoms with Crippen LogP contribution in [0.2, 0.25) is 0 Å². The maximum absolute atomic E-state index is 10.9. The van der Waals surface area contributed by atoms with E-state index in [0.717, 1.165) is 19.6 Å². The van der Waals surface area contributed by atoms with Crippen LogP contribution in [0, 0.1) is 0 Å². The summed E-state index contributed by atoms with van der Waals surface area (Å²) in [6.45, 7) is 4.93. The number of ether oxygens (including phenoxy) is 2. The lowest BCUT2D eigenvalue weighted by molar-refractivity contribution is -0.123. The van der Waals surface area contributed by atoms with Gasteiger partial charge in [-0.3, -0.25) is 4.79 Å². The summed E-state index contributed by atoms with van der Waals surface area (Å²) >= 11 is 0. The molecule has 4 heteroatoms. The van der Waals surface area contributed by atoms with Gasteiger partial charge in [-0.15, -0.1) is 0 Å². The second-order valence-corrected chi connectivity index (χ2v) is 3.71. The third kappa shape index (κ3) is 11.5. The molecule has 0 N–H and O–H groups in total. The van der Waals surface area contributed by atoms with Gasteiger partial charge in [0.1, 0.15) is 6.61 Å². The third-order valence-electron chi connectivity index (χ3n) is 1.92. The molecule has 0 aliphatic carbocycles. The van der Waals surface area contributed by atoms with Crippen LogP contribution in [0.15, 0.2) is 0 Å². The predicted molar refractivity (Wildman–Crippen MR) is 60.1 cm³/mol. The zero-order chi connectivity index (χ0) is 11.5. The Bertz CT molecular complexity index is 160. The van der Waals surface area contributed by atoms with Crippen LogP contribution in [-0.2, 0) is 14.3 Å². The van der Waals surface area contributed by atoms with E-state index in [2.05, 4.69) is 4.90 Å². The zero-order valence-corrected chi connectivity index (χ0v) is 10.1. The van der Waals surface area contributed by atoms with E-state index >= 15 is 0 Å². The SMILES string of the molecule is CCC(=O)COCCOCCCN(C)C. The lowest BCUT2D eigenvalue weighted by atomic mass is 10.3. The fourth-order valence-electron chi connectivity index (χ4n) is 0.991. The van der Waals surface area contributed by atoms with Crippen molar-refractivity contribution in [3.8, 4) is 0 Å². The van der Waals surface area contributed by atoms with Gasteiger partial charge in [0.25, 0.3) is 0 Å². The number of ketones is 1. The number of hydrogen-bond acceptors (Lipinski definition) is 4. The second kappa shape index (κ2) is 10.1. The van der Waals surface area contributed by atoms with E-state index in [-0.39, 0.29) is 12.4 Å². The molecule has 15 heavy (non-hydrogen) atoms. The Morgan fingerprint density at radius 2 is 1.80 bits per heavy atom. The number of carbonyl (C=O) groups excluding carboxylic acids is 1. The third-order valence-corrected chi connectivity index (χ3v) is 1.92. The van der Waals surface area contributed by atoms with Gasteiger partial charge in [0.15, 0.2) is 5.78 Å². The van der Waals surface area contributed by atoms with E-state index in [1.54, 1.807) is 0 Å². The van der Waals surface area contributed by atoms with Gasteiger partial charge in [-0.05, 0) is 27.1 Å². The van der Waals surface area contributed by atoms with Crippen molar-refractivity contribution in [1.29, 1.82) is 0 Å². The Morgan fingerprint density at radius 1 is 1.13 bits per heavy atom. The molecule has 0 rings (SSSR count). The molecule has 0 aliphatic rings. The number of rotatable bonds is 10. The molecular formula is C11H23NO3. The summed E-state index contributed by atoms with van der Waals surface area (Å²) in [6.07, 6.45) is 1.57. The van der Waals surface area contributed by atoms with Crippen molar-refractivity contribution in [3.63, 3.8) is 0 Å². The first-order valence-corrected chi connectivity index (χ1v) is 5.48. The van der Waals surface area contributed by atoms with Crippen molar-refractivity contribution in [2.75, 3.05) is 47.1 Å². The normalized spacial score (nSPS) is 10.9. The second-order valence-electron chi connectivity index (χ2n) is 3.71. The smallest absolute Gasteiger partial charge is 0.158 e. The highest BCUT2D eigenvalue weighted by Crippen LogP contribution is 1.87. The van der Waals surface area contributed by atoms with Crippen LogP contribution < -0.4 is 0 Å². The molecule has 0 aromatic rings. The molecule has 0 atom stereocenters. The number of carbonyl (C=O) groups is 1. The maximum Gasteiger partial charge on any atom is 0.158 e. The van der Waals surface area contributed by atoms with Gasteiger partial charge >= 0.3 is 0 Å². The van der Waals surface area contributed by atoms with Crippen LogP contribution in [0.3, 0.4) is 0 Å². The van der Waals surface area contributed by atoms with Crippen LogP contribution >= 0.6 is 0 Å². The van der Waals surface area contributed by atoms with Crippen molar-refractivity contribution in [3.05, 3.63) is 0 Å². The van der Waals surface area contributed by atoms with E-state index in [4.69, 9.17) is 9.47 Å². The number of hydrogen-bond donors (Lipinski definition) is 0. The standard InChI is InChI=1S/C11H23NO3/c1-4-11(13)10-15-9-8-14-7-5-6-12(2)3/h4-10H2,1-3H3. The summed E-state index contributed by atoms with van der Waals surface area (Å²) in [5, 5.41) is 0. The largest absolute Gasteiger partial charge is 0.379 e. The highest BCUT2D eigenvalue weighted by atomic mass is 16.5. The lowest BCUT2D eigenvalue weighted by Gasteiger charge is -2.09. The Kier molecular flexibility index (Phi) is 9.78. The predicted octanol–water partition coefficient (Wildman–Crippen LogP) is 0.950. The molecule has 0 unspecified atom stereocenters. The Balaban J connectivity index is 3.02. The minimum absolute atomic E-state index is 0.141. The first-order valence-electron chi connectivity index (χ1n) is 5.48. The summed E-state index contributed by atoms with van der Waals surface area (Å²) in [5.41, 5.74) is 0. The van der Waals surface area contributed by atoms with Gasteiger partial charge in [0.2, 0.25) is 0 Å². The van der Waals surface area contributed by atoms with Crippen molar-refractivity contribution < 1.29 is 14.3 Å². The van der Waals surface area contributed by atoms with Gasteiger partial charge in [0, 0.05) is 13.0 Å². The van der Waals surface area contributed by atoms with Gasteiger partial charge in [-0.25, -0.2) is 0 Å². The minimum Gasteiger partial charge on any atom is -0.379 e. The molecule has 0 saturated heterocycles. The van der Waals surface area contributed by atoms with Crippen molar-refractivity contribution in [1.82, 2.24) is 4.90 Å². The zero-order valence-electron chi connectivity index (χ0n) is 10.1. The van der Waals surface area contributed by atoms with E-state index in [1.807, 2.05) is 21.0 Å². The van der Waals surface area contributed by atoms with Crippen molar-refractivity contribution in [2.24, 2.45) is 0 Å². The molecule has 0 aromatic carbocycles. The molecule has 0 spiro atoms. The molecule has 0 aliphatic heterocycles. The summed E-state index contributed by atoms with van der Waals surface area (Å²) in [5.74, 6) is 0.141. The Hall–Kier alpha value is -0.450. The minimum atomic E-state index is 0.141. The molecule has 0 fully saturated rings. The molecule has 0 radical (unpaired) electrons. The average Bonchev–Trinajstić information content (AvgIpc) is 2.21. The summed E-state index contributed by atoms with van der Waals surface area (Å²) in [4.78, 5) is 13.0. The first-order chi connectivity index (χ1) is 7.16. The van der Waals surface area contributed by atoms with E-state index < -0.39 is 0 Å². The average molecular weight is 217 g/mol. The molecule has 0 saturated carbocycles. The fraction of sp³-hybridized carbons (Fsp3) is 0.909. The molecule has 0 amide bonds. The Labute approximate surface area is 92.5 Å². The van der Waals surface area contributed by atoms with Crippen LogP contribution in [0.1, 0.15) is 19.8 Å². The molecule has 0 bridgehead atoms. The maximum atomic E-state index is 10.9. The monoisotopic (exact) mass is 217 g/mol. The van der Waals surface area contributed by atoms with Gasteiger partial charge < -0.3 is 14.4 Å². The van der Waals surface area contributed by atoms with Crippen LogP contribution in [0.4, 0.5) is 0 Å². The van der Waals surface area contributed by atoms with Gasteiger partial charge in [-0.2, -0.15) is 0 Å². The Morgan fingerprint density at radius 3 is 2.40 bits per heavy atom. The molecule has 0 aromatic heterocycles. The summed E-state index contributed by atoms with van der Waals surface area (Å²) in [6, 6.07) is 0. The van der Waals surface area contributed by atoms with Crippen LogP contribution in [0.25, 0.3) is 0 Å². The van der Waals surface area contributed by atoms with Crippen molar-refractivity contribution in [2.45, 2.75) is 19.8 Å². The lowest BCUT2D eigenvalue weighted by Crippen LogP contribution is -2.16. The number of Topliss-reactive ketones (excluding diaryl/α,β-unsaturated/α-hetero) is 1. The molecule has 90 valence electrons. The fourth-order valence-corrected chi connectivity index (χ4v) is 0.991. The first kappa shape index (κ1) is 14.6. The quantitative estimate of drug-likeness (QED) is 0.511. The van der Waals surface area contributed by atoms with Gasteiger partial charge in [0.05, 0.1) is 13.2 Å². The topological polar surface area (TPSA) is 38.8 Å². The number of nitrogens with zero attached hydrogens (tertiary/aromatic N) is 1. The molecular weight excluding hydrogens is 194 g/mol. The molecule has 0 heterocycles. The van der Waals surface area contributed by atoms with Crippen molar-refractivity contribution >= 4 is 5.78 Å². The van der Waals surface area contributed by atoms with E-state index in [9.17, 15) is 4.79 Å². The van der Waals surface area contributed by atoms with Gasteiger partial charge in [-0.1, -0.05) is 6.92 Å². The summed E-state index contributed by atoms with van der Waals surface area (Å²) < 4.78 is 10.5. The van der Waals surface area contributed by atoms with E-state index in [0.29, 0.717) is 19.6 Å². The highest BCUT2D eigenvalue weighted by molar-refractivity contribution is 5.79. The highest BCUT2D eigenvalue weighted by Gasteiger charge is 1.97. The van der Waals surface area contributed by atoms with Crippen LogP contribution in [-0.4, -0.2) is 57.8 Å². The molecule has 4 nitrogen and oxygen atoms in total. The van der Waals surface area contributed by atoms with Crippen LogP contribution in [0.5, 0.6) is 0 Å². The van der Waals surface area contributed by atoms with E-state index in [1.165, 1.54) is 0 Å².